The molecule has 9 heteroatoms. The molecular weight excluding hydrogens is 478 g/mol. The molecule has 0 aliphatic carbocycles. The zero-order chi connectivity index (χ0) is 25.0. The smallest absolute Gasteiger partial charge is 0.317 e. The maximum atomic E-state index is 13.9. The number of carbonyl (C=O) groups is 1. The van der Waals surface area contributed by atoms with Crippen molar-refractivity contribution in [3.8, 4) is 0 Å². The van der Waals surface area contributed by atoms with Gasteiger partial charge in [-0.2, -0.15) is 13.2 Å². The van der Waals surface area contributed by atoms with Gasteiger partial charge in [0.25, 0.3) is 0 Å². The fourth-order valence-corrected chi connectivity index (χ4v) is 5.28. The average Bonchev–Trinajstić information content (AvgIpc) is 3.22. The molecule has 0 radical (unpaired) electrons. The lowest BCUT2D eigenvalue weighted by Gasteiger charge is -2.38. The number of carbonyl (C=O) groups excluding carboxylic acids is 1. The number of amides is 2. The predicted molar refractivity (Wildman–Crippen MR) is 130 cm³/mol. The average molecular weight is 506 g/mol. The summed E-state index contributed by atoms with van der Waals surface area (Å²) in [5.41, 5.74) is -0.445. The summed E-state index contributed by atoms with van der Waals surface area (Å²) in [4.78, 5) is 19.8. The summed E-state index contributed by atoms with van der Waals surface area (Å²) in [6.45, 7) is 4.86. The lowest BCUT2D eigenvalue weighted by molar-refractivity contribution is -0.137. The molecule has 0 saturated carbocycles. The van der Waals surface area contributed by atoms with Crippen molar-refractivity contribution in [1.29, 1.82) is 0 Å². The molecule has 1 aromatic heterocycles. The Morgan fingerprint density at radius 1 is 1.09 bits per heavy atom. The fourth-order valence-electron chi connectivity index (χ4n) is 4.35. The molecule has 0 bridgehead atoms. The Bertz CT molecular complexity index is 1140. The number of nitrogens with one attached hydrogen (secondary N) is 1. The highest BCUT2D eigenvalue weighted by molar-refractivity contribution is 7.11. The minimum absolute atomic E-state index is 0.0906. The molecule has 1 aliphatic heterocycles. The van der Waals surface area contributed by atoms with Crippen molar-refractivity contribution in [3.63, 3.8) is 0 Å². The summed E-state index contributed by atoms with van der Waals surface area (Å²) < 4.78 is 53.2. The van der Waals surface area contributed by atoms with Gasteiger partial charge in [-0.25, -0.2) is 9.18 Å². The molecule has 1 N–H and O–H groups in total. The van der Waals surface area contributed by atoms with Gasteiger partial charge in [0.1, 0.15) is 5.82 Å². The van der Waals surface area contributed by atoms with Gasteiger partial charge in [0.2, 0.25) is 0 Å². The highest BCUT2D eigenvalue weighted by atomic mass is 32.1. The van der Waals surface area contributed by atoms with E-state index in [-0.39, 0.29) is 11.7 Å². The molecule has 1 fully saturated rings. The first-order chi connectivity index (χ1) is 16.7. The van der Waals surface area contributed by atoms with Gasteiger partial charge in [-0.05, 0) is 55.7 Å². The zero-order valence-electron chi connectivity index (χ0n) is 19.3. The van der Waals surface area contributed by atoms with Crippen LogP contribution in [0.4, 0.5) is 28.0 Å². The summed E-state index contributed by atoms with van der Waals surface area (Å²) >= 11 is 1.77. The van der Waals surface area contributed by atoms with Crippen molar-refractivity contribution in [1.82, 2.24) is 9.80 Å². The molecule has 3 aromatic rings. The van der Waals surface area contributed by atoms with Crippen molar-refractivity contribution in [2.24, 2.45) is 0 Å². The number of likely N-dealkylation sites (tertiary alicyclic amines) is 1. The predicted octanol–water partition coefficient (Wildman–Crippen LogP) is 6.91. The van der Waals surface area contributed by atoms with Gasteiger partial charge in [0, 0.05) is 47.7 Å². The zero-order valence-corrected chi connectivity index (χ0v) is 20.1. The van der Waals surface area contributed by atoms with Gasteiger partial charge in [-0.15, -0.1) is 11.3 Å². The Labute approximate surface area is 206 Å². The number of thiophene rings is 1. The second kappa shape index (κ2) is 10.8. The molecule has 186 valence electrons. The largest absolute Gasteiger partial charge is 0.416 e. The van der Waals surface area contributed by atoms with Crippen LogP contribution in [0.1, 0.15) is 33.7 Å². The summed E-state index contributed by atoms with van der Waals surface area (Å²) in [5.74, 6) is -1.05. The number of halogens is 4. The van der Waals surface area contributed by atoms with Crippen LogP contribution in [-0.4, -0.2) is 35.0 Å². The highest BCUT2D eigenvalue weighted by Crippen LogP contribution is 2.32. The molecule has 4 rings (SSSR count). The molecule has 0 atom stereocenters. The third kappa shape index (κ3) is 6.82. The van der Waals surface area contributed by atoms with Gasteiger partial charge in [0.05, 0.1) is 5.56 Å². The van der Waals surface area contributed by atoms with E-state index in [9.17, 15) is 22.4 Å². The Morgan fingerprint density at radius 3 is 2.43 bits per heavy atom. The first kappa shape index (κ1) is 25.2. The van der Waals surface area contributed by atoms with Crippen LogP contribution < -0.4 is 5.32 Å². The van der Waals surface area contributed by atoms with Crippen LogP contribution >= 0.6 is 11.3 Å². The number of aryl methyl sites for hydroxylation is 1. The normalized spacial score (nSPS) is 15.2. The molecule has 0 unspecified atom stereocenters. The van der Waals surface area contributed by atoms with Crippen molar-refractivity contribution >= 4 is 23.1 Å². The maximum absolute atomic E-state index is 13.9. The first-order valence-corrected chi connectivity index (χ1v) is 12.3. The minimum Gasteiger partial charge on any atom is -0.317 e. The minimum atomic E-state index is -4.71. The molecule has 2 heterocycles. The van der Waals surface area contributed by atoms with Crippen molar-refractivity contribution in [2.45, 2.75) is 45.1 Å². The molecule has 1 aliphatic rings. The van der Waals surface area contributed by atoms with Crippen LogP contribution in [0.2, 0.25) is 0 Å². The summed E-state index contributed by atoms with van der Waals surface area (Å²) in [5, 5.41) is 2.50. The summed E-state index contributed by atoms with van der Waals surface area (Å²) in [6, 6.07) is 15.1. The van der Waals surface area contributed by atoms with Gasteiger partial charge in [-0.3, -0.25) is 4.90 Å². The standard InChI is InChI=1S/C26H27F4N3OS/c1-18-7-8-24(35-18)17-32-11-9-23(10-12-32)33(16-19-5-3-2-4-6-19)25(34)31-22-14-20(26(28,29)30)13-21(27)15-22/h2-8,13-15,23H,9-12,16-17H2,1H3,(H,31,34). The molecular formula is C26H27F4N3OS. The lowest BCUT2D eigenvalue weighted by Crippen LogP contribution is -2.48. The number of piperidine rings is 1. The van der Waals surface area contributed by atoms with Crippen molar-refractivity contribution in [3.05, 3.63) is 87.4 Å². The number of benzene rings is 2. The first-order valence-electron chi connectivity index (χ1n) is 11.4. The van der Waals surface area contributed by atoms with E-state index in [2.05, 4.69) is 29.3 Å². The van der Waals surface area contributed by atoms with Gasteiger partial charge in [0.15, 0.2) is 0 Å². The van der Waals surface area contributed by atoms with Crippen molar-refractivity contribution in [2.75, 3.05) is 18.4 Å². The maximum Gasteiger partial charge on any atom is 0.416 e. The number of anilines is 1. The number of hydrogen-bond acceptors (Lipinski definition) is 3. The molecule has 0 spiro atoms. The Kier molecular flexibility index (Phi) is 7.76. The molecule has 35 heavy (non-hydrogen) atoms. The molecule has 2 amide bonds. The van der Waals surface area contributed by atoms with E-state index >= 15 is 0 Å². The van der Waals surface area contributed by atoms with Crippen LogP contribution in [-0.2, 0) is 19.3 Å². The number of nitrogens with zero attached hydrogens (tertiary/aromatic N) is 2. The second-order valence-corrected chi connectivity index (χ2v) is 10.2. The van der Waals surface area contributed by atoms with Gasteiger partial charge in [-0.1, -0.05) is 30.3 Å². The number of hydrogen-bond donors (Lipinski definition) is 1. The van der Waals surface area contributed by atoms with Crippen LogP contribution in [0, 0.1) is 12.7 Å². The summed E-state index contributed by atoms with van der Waals surface area (Å²) in [6.07, 6.45) is -3.23. The third-order valence-corrected chi connectivity index (χ3v) is 7.09. The van der Waals surface area contributed by atoms with E-state index in [4.69, 9.17) is 0 Å². The van der Waals surface area contributed by atoms with Crippen LogP contribution in [0.15, 0.2) is 60.7 Å². The second-order valence-electron chi connectivity index (χ2n) is 8.79. The summed E-state index contributed by atoms with van der Waals surface area (Å²) in [7, 11) is 0. The number of urea groups is 1. The molecule has 1 saturated heterocycles. The van der Waals surface area contributed by atoms with Crippen LogP contribution in [0.3, 0.4) is 0 Å². The van der Waals surface area contributed by atoms with Gasteiger partial charge >= 0.3 is 12.2 Å². The van der Waals surface area contributed by atoms with Crippen molar-refractivity contribution < 1.29 is 22.4 Å². The van der Waals surface area contributed by atoms with E-state index in [0.717, 1.165) is 50.2 Å². The Balaban J connectivity index is 1.48. The van der Waals surface area contributed by atoms with Crippen LogP contribution in [0.25, 0.3) is 0 Å². The Hall–Kier alpha value is -2.91. The monoisotopic (exact) mass is 505 g/mol. The van der Waals surface area contributed by atoms with E-state index < -0.39 is 23.6 Å². The fraction of sp³-hybridized carbons (Fsp3) is 0.346. The topological polar surface area (TPSA) is 35.6 Å². The molecule has 2 aromatic carbocycles. The quantitative estimate of drug-likeness (QED) is 0.370. The van der Waals surface area contributed by atoms with E-state index in [1.807, 2.05) is 30.3 Å². The van der Waals surface area contributed by atoms with Crippen LogP contribution in [0.5, 0.6) is 0 Å². The number of rotatable bonds is 6. The SMILES string of the molecule is Cc1ccc(CN2CCC(N(Cc3ccccc3)C(=O)Nc3cc(F)cc(C(F)(F)F)c3)CC2)s1. The highest BCUT2D eigenvalue weighted by Gasteiger charge is 2.32. The molecule has 4 nitrogen and oxygen atoms in total. The van der Waals surface area contributed by atoms with E-state index in [1.54, 1.807) is 16.2 Å². The lowest BCUT2D eigenvalue weighted by atomic mass is 10.0. The van der Waals surface area contributed by atoms with E-state index in [0.29, 0.717) is 12.6 Å². The third-order valence-electron chi connectivity index (χ3n) is 6.11. The Morgan fingerprint density at radius 2 is 1.80 bits per heavy atom. The van der Waals surface area contributed by atoms with E-state index in [1.165, 1.54) is 9.75 Å². The number of alkyl halides is 3. The van der Waals surface area contributed by atoms with Gasteiger partial charge < -0.3 is 10.2 Å².